The van der Waals surface area contributed by atoms with Crippen molar-refractivity contribution in [3.05, 3.63) is 76.6 Å². The number of nitrogens with zero attached hydrogens (tertiary/aromatic N) is 2. The Morgan fingerprint density at radius 2 is 1.93 bits per heavy atom. The molecule has 4 rings (SSSR count). The molecule has 0 radical (unpaired) electrons. The molecule has 2 heterocycles. The van der Waals surface area contributed by atoms with E-state index in [0.29, 0.717) is 17.8 Å². The van der Waals surface area contributed by atoms with Crippen LogP contribution in [0.3, 0.4) is 0 Å². The van der Waals surface area contributed by atoms with E-state index in [4.69, 9.17) is 4.74 Å². The van der Waals surface area contributed by atoms with Crippen LogP contribution in [0.25, 0.3) is 22.3 Å². The van der Waals surface area contributed by atoms with Crippen LogP contribution in [0.2, 0.25) is 0 Å². The first-order valence-electron chi connectivity index (χ1n) is 8.94. The van der Waals surface area contributed by atoms with E-state index >= 15 is 0 Å². The van der Waals surface area contributed by atoms with Gasteiger partial charge in [-0.15, -0.1) is 11.3 Å². The van der Waals surface area contributed by atoms with Crippen LogP contribution in [0.4, 0.5) is 0 Å². The normalized spacial score (nSPS) is 10.8. The average Bonchev–Trinajstić information content (AvgIpc) is 3.28. The van der Waals surface area contributed by atoms with E-state index in [1.807, 2.05) is 60.0 Å². The number of nitrogens with one attached hydrogen (secondary N) is 1. The minimum atomic E-state index is -0.108. The molecule has 0 aliphatic carbocycles. The molecule has 0 bridgehead atoms. The molecule has 0 spiro atoms. The van der Waals surface area contributed by atoms with E-state index < -0.39 is 0 Å². The van der Waals surface area contributed by atoms with Crippen LogP contribution in [0, 0.1) is 0 Å². The number of thiazole rings is 1. The van der Waals surface area contributed by atoms with E-state index in [9.17, 15) is 4.79 Å². The number of aromatic nitrogens is 2. The second kappa shape index (κ2) is 8.19. The van der Waals surface area contributed by atoms with Crippen LogP contribution < -0.4 is 10.1 Å². The summed E-state index contributed by atoms with van der Waals surface area (Å²) in [4.78, 5) is 21.9. The maximum Gasteiger partial charge on any atom is 0.252 e. The first kappa shape index (κ1) is 18.1. The molecular weight excluding hydrogens is 370 g/mol. The Kier molecular flexibility index (Phi) is 5.30. The highest BCUT2D eigenvalue weighted by atomic mass is 32.1. The standard InChI is InChI=1S/C22H19N3O2S/c1-27-16-8-6-15(7-9-16)10-11-23-22(26)18-12-20(21-13-28-14-24-21)25-19-5-3-2-4-17(18)19/h2-9,12-14H,10-11H2,1H3,(H,23,26). The lowest BCUT2D eigenvalue weighted by molar-refractivity contribution is 0.0955. The first-order chi connectivity index (χ1) is 13.7. The van der Waals surface area contributed by atoms with Crippen molar-refractivity contribution in [1.82, 2.24) is 15.3 Å². The van der Waals surface area contributed by atoms with Gasteiger partial charge < -0.3 is 10.1 Å². The fourth-order valence-corrected chi connectivity index (χ4v) is 3.59. The number of hydrogen-bond donors (Lipinski definition) is 1. The van der Waals surface area contributed by atoms with Crippen molar-refractivity contribution >= 4 is 28.1 Å². The number of ether oxygens (including phenoxy) is 1. The van der Waals surface area contributed by atoms with Gasteiger partial charge in [0.25, 0.3) is 5.91 Å². The molecule has 4 aromatic rings. The van der Waals surface area contributed by atoms with Gasteiger partial charge in [-0.25, -0.2) is 9.97 Å². The summed E-state index contributed by atoms with van der Waals surface area (Å²) in [5.41, 5.74) is 5.80. The van der Waals surface area contributed by atoms with Crippen molar-refractivity contribution in [3.63, 3.8) is 0 Å². The highest BCUT2D eigenvalue weighted by Gasteiger charge is 2.14. The summed E-state index contributed by atoms with van der Waals surface area (Å²) < 4.78 is 5.17. The van der Waals surface area contributed by atoms with Gasteiger partial charge in [0.05, 0.1) is 35.1 Å². The molecule has 1 amide bonds. The number of carbonyl (C=O) groups excluding carboxylic acids is 1. The Morgan fingerprint density at radius 3 is 2.68 bits per heavy atom. The van der Waals surface area contributed by atoms with Crippen LogP contribution >= 0.6 is 11.3 Å². The fourth-order valence-electron chi connectivity index (χ4n) is 3.04. The Bertz CT molecular complexity index is 1090. The lowest BCUT2D eigenvalue weighted by atomic mass is 10.1. The molecule has 0 atom stereocenters. The molecule has 2 aromatic heterocycles. The molecule has 0 unspecified atom stereocenters. The predicted octanol–water partition coefficient (Wildman–Crippen LogP) is 4.34. The number of benzene rings is 2. The Balaban J connectivity index is 1.54. The fraction of sp³-hybridized carbons (Fsp3) is 0.136. The molecule has 2 aromatic carbocycles. The molecule has 28 heavy (non-hydrogen) atoms. The van der Waals surface area contributed by atoms with Gasteiger partial charge in [0.2, 0.25) is 0 Å². The van der Waals surface area contributed by atoms with Gasteiger partial charge in [0.1, 0.15) is 5.75 Å². The van der Waals surface area contributed by atoms with E-state index in [0.717, 1.165) is 34.3 Å². The third kappa shape index (κ3) is 3.87. The van der Waals surface area contributed by atoms with Gasteiger partial charge >= 0.3 is 0 Å². The summed E-state index contributed by atoms with van der Waals surface area (Å²) >= 11 is 1.51. The van der Waals surface area contributed by atoms with Gasteiger partial charge in [-0.2, -0.15) is 0 Å². The molecule has 6 heteroatoms. The summed E-state index contributed by atoms with van der Waals surface area (Å²) in [6, 6.07) is 17.4. The topological polar surface area (TPSA) is 64.1 Å². The number of pyridine rings is 1. The zero-order valence-electron chi connectivity index (χ0n) is 15.4. The van der Waals surface area contributed by atoms with Crippen LogP contribution in [-0.4, -0.2) is 29.5 Å². The SMILES string of the molecule is COc1ccc(CCNC(=O)c2cc(-c3cscn3)nc3ccccc23)cc1. The monoisotopic (exact) mass is 389 g/mol. The molecule has 5 nitrogen and oxygen atoms in total. The second-order valence-electron chi connectivity index (χ2n) is 6.30. The smallest absolute Gasteiger partial charge is 0.252 e. The van der Waals surface area contributed by atoms with Crippen molar-refractivity contribution in [2.45, 2.75) is 6.42 Å². The minimum Gasteiger partial charge on any atom is -0.497 e. The highest BCUT2D eigenvalue weighted by molar-refractivity contribution is 7.07. The average molecular weight is 389 g/mol. The van der Waals surface area contributed by atoms with Crippen LogP contribution in [-0.2, 0) is 6.42 Å². The summed E-state index contributed by atoms with van der Waals surface area (Å²) in [6.07, 6.45) is 0.748. The summed E-state index contributed by atoms with van der Waals surface area (Å²) in [5, 5.41) is 5.79. The van der Waals surface area contributed by atoms with Gasteiger partial charge in [0.15, 0.2) is 0 Å². The number of amides is 1. The lowest BCUT2D eigenvalue weighted by Crippen LogP contribution is -2.26. The molecule has 0 saturated heterocycles. The zero-order chi connectivity index (χ0) is 19.3. The summed E-state index contributed by atoms with van der Waals surface area (Å²) in [5.74, 6) is 0.717. The zero-order valence-corrected chi connectivity index (χ0v) is 16.2. The second-order valence-corrected chi connectivity index (χ2v) is 7.02. The highest BCUT2D eigenvalue weighted by Crippen LogP contribution is 2.24. The van der Waals surface area contributed by atoms with Crippen molar-refractivity contribution in [2.24, 2.45) is 0 Å². The van der Waals surface area contributed by atoms with Gasteiger partial charge in [-0.05, 0) is 36.2 Å². The minimum absolute atomic E-state index is 0.108. The van der Waals surface area contributed by atoms with E-state index in [2.05, 4.69) is 15.3 Å². The van der Waals surface area contributed by atoms with Gasteiger partial charge in [-0.3, -0.25) is 4.79 Å². The Morgan fingerprint density at radius 1 is 1.11 bits per heavy atom. The van der Waals surface area contributed by atoms with Crippen molar-refractivity contribution in [2.75, 3.05) is 13.7 Å². The molecule has 0 fully saturated rings. The largest absolute Gasteiger partial charge is 0.497 e. The maximum absolute atomic E-state index is 12.9. The molecule has 0 saturated carbocycles. The third-order valence-electron chi connectivity index (χ3n) is 4.51. The molecule has 1 N–H and O–H groups in total. The van der Waals surface area contributed by atoms with Gasteiger partial charge in [0, 0.05) is 17.3 Å². The van der Waals surface area contributed by atoms with Crippen molar-refractivity contribution < 1.29 is 9.53 Å². The molecule has 0 aliphatic heterocycles. The number of para-hydroxylation sites is 1. The number of methoxy groups -OCH3 is 1. The Hall–Kier alpha value is -3.25. The van der Waals surface area contributed by atoms with E-state index in [1.54, 1.807) is 12.6 Å². The predicted molar refractivity (Wildman–Crippen MR) is 112 cm³/mol. The number of fused-ring (bicyclic) bond motifs is 1. The summed E-state index contributed by atoms with van der Waals surface area (Å²) in [7, 11) is 1.65. The van der Waals surface area contributed by atoms with E-state index in [1.165, 1.54) is 11.3 Å². The Labute approximate surface area is 167 Å². The van der Waals surface area contributed by atoms with Crippen LogP contribution in [0.1, 0.15) is 15.9 Å². The molecule has 0 aliphatic rings. The van der Waals surface area contributed by atoms with Crippen molar-refractivity contribution in [1.29, 1.82) is 0 Å². The molecule has 140 valence electrons. The maximum atomic E-state index is 12.9. The van der Waals surface area contributed by atoms with Crippen molar-refractivity contribution in [3.8, 4) is 17.1 Å². The first-order valence-corrected chi connectivity index (χ1v) is 9.88. The summed E-state index contributed by atoms with van der Waals surface area (Å²) in [6.45, 7) is 0.549. The third-order valence-corrected chi connectivity index (χ3v) is 5.10. The van der Waals surface area contributed by atoms with Gasteiger partial charge in [-0.1, -0.05) is 30.3 Å². The number of rotatable bonds is 6. The molecular formula is C22H19N3O2S. The lowest BCUT2D eigenvalue weighted by Gasteiger charge is -2.10. The van der Waals surface area contributed by atoms with Crippen LogP contribution in [0.5, 0.6) is 5.75 Å². The van der Waals surface area contributed by atoms with Crippen LogP contribution in [0.15, 0.2) is 65.5 Å². The quantitative estimate of drug-likeness (QED) is 0.533. The van der Waals surface area contributed by atoms with E-state index in [-0.39, 0.29) is 5.91 Å². The number of hydrogen-bond acceptors (Lipinski definition) is 5. The number of carbonyl (C=O) groups is 1.